The van der Waals surface area contributed by atoms with Crippen LogP contribution in [0.1, 0.15) is 24.2 Å². The zero-order valence-corrected chi connectivity index (χ0v) is 15.3. The Balaban J connectivity index is 1.80. The fourth-order valence-corrected chi connectivity index (χ4v) is 2.52. The average molecular weight is 378 g/mol. The van der Waals surface area contributed by atoms with E-state index in [1.165, 1.54) is 32.2 Å². The van der Waals surface area contributed by atoms with Crippen LogP contribution in [-0.2, 0) is 9.59 Å². The molecule has 0 aliphatic heterocycles. The van der Waals surface area contributed by atoms with Crippen molar-refractivity contribution in [1.82, 2.24) is 14.5 Å². The van der Waals surface area contributed by atoms with Gasteiger partial charge in [-0.05, 0) is 30.3 Å². The molecule has 0 aliphatic carbocycles. The molecule has 142 valence electrons. The summed E-state index contributed by atoms with van der Waals surface area (Å²) in [6, 6.07) is 8.08. The maximum absolute atomic E-state index is 12.6. The first-order chi connectivity index (χ1) is 13.4. The minimum Gasteiger partial charge on any atom is -0.326 e. The van der Waals surface area contributed by atoms with Crippen LogP contribution in [0.4, 0.5) is 17.1 Å². The van der Waals surface area contributed by atoms with E-state index in [0.717, 1.165) is 0 Å². The maximum Gasteiger partial charge on any atom is 0.255 e. The van der Waals surface area contributed by atoms with Gasteiger partial charge in [-0.25, -0.2) is 9.97 Å². The number of amides is 3. The Kier molecular flexibility index (Phi) is 5.45. The molecule has 3 rings (SSSR count). The highest BCUT2D eigenvalue weighted by Crippen LogP contribution is 2.21. The summed E-state index contributed by atoms with van der Waals surface area (Å²) < 4.78 is 1.74. The smallest absolute Gasteiger partial charge is 0.255 e. The molecule has 2 heterocycles. The topological polar surface area (TPSA) is 118 Å². The minimum absolute atomic E-state index is 0.272. The summed E-state index contributed by atoms with van der Waals surface area (Å²) in [5.41, 5.74) is 1.57. The molecule has 0 radical (unpaired) electrons. The Labute approximate surface area is 160 Å². The number of carbonyl (C=O) groups excluding carboxylic acids is 3. The number of anilines is 3. The lowest BCUT2D eigenvalue weighted by molar-refractivity contribution is -0.115. The van der Waals surface area contributed by atoms with Crippen molar-refractivity contribution < 1.29 is 14.4 Å². The second-order valence-corrected chi connectivity index (χ2v) is 5.99. The van der Waals surface area contributed by atoms with Gasteiger partial charge in [0.15, 0.2) is 0 Å². The molecule has 0 aliphatic rings. The summed E-state index contributed by atoms with van der Waals surface area (Å²) in [6.45, 7) is 2.72. The van der Waals surface area contributed by atoms with Gasteiger partial charge in [-0.2, -0.15) is 0 Å². The molecular formula is C19H18N6O3. The normalized spacial score (nSPS) is 10.2. The summed E-state index contributed by atoms with van der Waals surface area (Å²) in [4.78, 5) is 43.5. The minimum atomic E-state index is -0.406. The van der Waals surface area contributed by atoms with Crippen LogP contribution in [-0.4, -0.2) is 32.3 Å². The van der Waals surface area contributed by atoms with Crippen molar-refractivity contribution in [3.05, 3.63) is 60.8 Å². The second-order valence-electron chi connectivity index (χ2n) is 5.99. The SMILES string of the molecule is CC(=O)Nc1cc(NC(C)=O)cc(C(=O)Nc2ccc(-n3ccnc3)nc2)c1. The van der Waals surface area contributed by atoms with Crippen LogP contribution in [0, 0.1) is 0 Å². The summed E-state index contributed by atoms with van der Waals surface area (Å²) in [5, 5.41) is 7.96. The van der Waals surface area contributed by atoms with Crippen molar-refractivity contribution >= 4 is 34.8 Å². The Morgan fingerprint density at radius 3 is 2.07 bits per heavy atom. The summed E-state index contributed by atoms with van der Waals surface area (Å²) >= 11 is 0. The second kappa shape index (κ2) is 8.12. The molecule has 0 fully saturated rings. The van der Waals surface area contributed by atoms with Gasteiger partial charge in [-0.15, -0.1) is 0 Å². The summed E-state index contributed by atoms with van der Waals surface area (Å²) in [7, 11) is 0. The van der Waals surface area contributed by atoms with Crippen LogP contribution < -0.4 is 16.0 Å². The third-order valence-electron chi connectivity index (χ3n) is 3.61. The molecule has 0 spiro atoms. The number of nitrogens with one attached hydrogen (secondary N) is 3. The highest BCUT2D eigenvalue weighted by Gasteiger charge is 2.11. The van der Waals surface area contributed by atoms with Crippen molar-refractivity contribution in [2.75, 3.05) is 16.0 Å². The van der Waals surface area contributed by atoms with Gasteiger partial charge in [-0.3, -0.25) is 19.0 Å². The Bertz CT molecular complexity index is 978. The Morgan fingerprint density at radius 1 is 0.893 bits per heavy atom. The lowest BCUT2D eigenvalue weighted by atomic mass is 10.1. The van der Waals surface area contributed by atoms with Gasteiger partial charge < -0.3 is 16.0 Å². The molecule has 28 heavy (non-hydrogen) atoms. The average Bonchev–Trinajstić information content (AvgIpc) is 3.15. The van der Waals surface area contributed by atoms with Crippen LogP contribution in [0.15, 0.2) is 55.2 Å². The number of nitrogens with zero attached hydrogens (tertiary/aromatic N) is 3. The van der Waals surface area contributed by atoms with E-state index in [-0.39, 0.29) is 17.4 Å². The number of rotatable bonds is 5. The van der Waals surface area contributed by atoms with E-state index >= 15 is 0 Å². The van der Waals surface area contributed by atoms with Crippen molar-refractivity contribution in [2.24, 2.45) is 0 Å². The quantitative estimate of drug-likeness (QED) is 0.630. The molecule has 2 aromatic heterocycles. The molecule has 0 bridgehead atoms. The van der Waals surface area contributed by atoms with Gasteiger partial charge in [0.05, 0.1) is 11.9 Å². The Hall–Kier alpha value is -4.01. The lowest BCUT2D eigenvalue weighted by Gasteiger charge is -2.11. The van der Waals surface area contributed by atoms with Crippen LogP contribution in [0.3, 0.4) is 0 Å². The van der Waals surface area contributed by atoms with E-state index in [0.29, 0.717) is 22.9 Å². The van der Waals surface area contributed by atoms with Crippen molar-refractivity contribution in [2.45, 2.75) is 13.8 Å². The Morgan fingerprint density at radius 2 is 1.57 bits per heavy atom. The molecule has 0 atom stereocenters. The lowest BCUT2D eigenvalue weighted by Crippen LogP contribution is -2.15. The van der Waals surface area contributed by atoms with Crippen molar-refractivity contribution in [3.63, 3.8) is 0 Å². The maximum atomic E-state index is 12.6. The third-order valence-corrected chi connectivity index (χ3v) is 3.61. The number of hydrogen-bond acceptors (Lipinski definition) is 5. The number of aromatic nitrogens is 3. The monoisotopic (exact) mass is 378 g/mol. The highest BCUT2D eigenvalue weighted by atomic mass is 16.2. The van der Waals surface area contributed by atoms with E-state index in [2.05, 4.69) is 25.9 Å². The molecule has 0 saturated carbocycles. The van der Waals surface area contributed by atoms with E-state index in [1.807, 2.05) is 0 Å². The zero-order chi connectivity index (χ0) is 20.1. The number of hydrogen-bond donors (Lipinski definition) is 3. The molecule has 3 N–H and O–H groups in total. The van der Waals surface area contributed by atoms with Gasteiger partial charge in [0.25, 0.3) is 5.91 Å². The largest absolute Gasteiger partial charge is 0.326 e. The number of carbonyl (C=O) groups is 3. The molecular weight excluding hydrogens is 360 g/mol. The molecule has 9 nitrogen and oxygen atoms in total. The van der Waals surface area contributed by atoms with Crippen LogP contribution in [0.2, 0.25) is 0 Å². The van der Waals surface area contributed by atoms with Gasteiger partial charge >= 0.3 is 0 Å². The van der Waals surface area contributed by atoms with E-state index in [4.69, 9.17) is 0 Å². The van der Waals surface area contributed by atoms with Gasteiger partial charge in [0.2, 0.25) is 11.8 Å². The standard InChI is InChI=1S/C19H18N6O3/c1-12(26)22-16-7-14(8-17(9-16)23-13(2)27)19(28)24-15-3-4-18(21-10-15)25-6-5-20-11-25/h3-11H,1-2H3,(H,22,26)(H,23,27)(H,24,28). The van der Waals surface area contributed by atoms with Crippen molar-refractivity contribution in [3.8, 4) is 5.82 Å². The fourth-order valence-electron chi connectivity index (χ4n) is 2.52. The first-order valence-corrected chi connectivity index (χ1v) is 8.37. The predicted octanol–water partition coefficient (Wildman–Crippen LogP) is 2.44. The number of pyridine rings is 1. The first kappa shape index (κ1) is 18.8. The zero-order valence-electron chi connectivity index (χ0n) is 15.3. The predicted molar refractivity (Wildman–Crippen MR) is 104 cm³/mol. The van der Waals surface area contributed by atoms with Gasteiger partial charge in [0, 0.05) is 43.2 Å². The fraction of sp³-hybridized carbons (Fsp3) is 0.105. The molecule has 9 heteroatoms. The summed E-state index contributed by atoms with van der Waals surface area (Å²) in [5.74, 6) is -0.316. The number of imidazole rings is 1. The van der Waals surface area contributed by atoms with E-state index in [1.54, 1.807) is 41.5 Å². The van der Waals surface area contributed by atoms with Crippen molar-refractivity contribution in [1.29, 1.82) is 0 Å². The molecule has 0 unspecified atom stereocenters. The summed E-state index contributed by atoms with van der Waals surface area (Å²) in [6.07, 6.45) is 6.56. The molecule has 1 aromatic carbocycles. The highest BCUT2D eigenvalue weighted by molar-refractivity contribution is 6.06. The molecule has 3 aromatic rings. The first-order valence-electron chi connectivity index (χ1n) is 8.37. The van der Waals surface area contributed by atoms with Crippen LogP contribution in [0.5, 0.6) is 0 Å². The van der Waals surface area contributed by atoms with Crippen LogP contribution in [0.25, 0.3) is 5.82 Å². The molecule has 3 amide bonds. The number of benzene rings is 1. The van der Waals surface area contributed by atoms with E-state index < -0.39 is 5.91 Å². The third kappa shape index (κ3) is 4.79. The van der Waals surface area contributed by atoms with Crippen LogP contribution >= 0.6 is 0 Å². The van der Waals surface area contributed by atoms with E-state index in [9.17, 15) is 14.4 Å². The molecule has 0 saturated heterocycles. The van der Waals surface area contributed by atoms with Gasteiger partial charge in [0.1, 0.15) is 12.1 Å². The van der Waals surface area contributed by atoms with Gasteiger partial charge in [-0.1, -0.05) is 0 Å².